The van der Waals surface area contributed by atoms with Crippen LogP contribution in [0.3, 0.4) is 0 Å². The lowest BCUT2D eigenvalue weighted by atomic mass is 9.91. The molecule has 2 aromatic rings. The monoisotopic (exact) mass is 345 g/mol. The third-order valence-electron chi connectivity index (χ3n) is 3.98. The number of pyridine rings is 1. The van der Waals surface area contributed by atoms with E-state index < -0.39 is 0 Å². The van der Waals surface area contributed by atoms with Crippen molar-refractivity contribution in [3.8, 4) is 11.5 Å². The Morgan fingerprint density at radius 1 is 1.28 bits per heavy atom. The topological polar surface area (TPSA) is 65.0 Å². The molecule has 1 aromatic heterocycles. The summed E-state index contributed by atoms with van der Waals surface area (Å²) in [6, 6.07) is 7.59. The second-order valence-electron chi connectivity index (χ2n) is 5.49. The molecule has 0 fully saturated rings. The minimum Gasteiger partial charge on any atom is -0.493 e. The number of para-hydroxylation sites is 1. The van der Waals surface area contributed by atoms with E-state index in [0.717, 1.165) is 11.1 Å². The molecule has 3 rings (SSSR count). The van der Waals surface area contributed by atoms with Gasteiger partial charge in [-0.1, -0.05) is 12.1 Å². The molecule has 2 heterocycles. The van der Waals surface area contributed by atoms with Crippen LogP contribution in [-0.2, 0) is 4.74 Å². The van der Waals surface area contributed by atoms with Gasteiger partial charge in [-0.2, -0.15) is 0 Å². The number of nitrogens with zero attached hydrogens (tertiary/aromatic N) is 2. The number of aromatic nitrogens is 1. The van der Waals surface area contributed by atoms with Crippen LogP contribution >= 0.6 is 0 Å². The van der Waals surface area contributed by atoms with Gasteiger partial charge in [0.2, 0.25) is 0 Å². The Bertz CT molecular complexity index is 767. The molecule has 1 aliphatic rings. The van der Waals surface area contributed by atoms with Crippen molar-refractivity contribution in [2.45, 2.75) is 5.92 Å². The van der Waals surface area contributed by atoms with Gasteiger partial charge in [0.25, 0.3) is 6.02 Å². The first-order valence-corrected chi connectivity index (χ1v) is 7.95. The maximum atomic E-state index is 13.7. The van der Waals surface area contributed by atoms with Crippen LogP contribution in [0.25, 0.3) is 0 Å². The molecule has 0 spiro atoms. The lowest BCUT2D eigenvalue weighted by Gasteiger charge is -2.22. The third-order valence-corrected chi connectivity index (χ3v) is 3.98. The van der Waals surface area contributed by atoms with E-state index in [2.05, 4.69) is 15.3 Å². The molecule has 0 radical (unpaired) electrons. The van der Waals surface area contributed by atoms with E-state index >= 15 is 0 Å². The Hall–Kier alpha value is -2.83. The number of halogens is 1. The molecule has 7 heteroatoms. The zero-order valence-corrected chi connectivity index (χ0v) is 14.2. The number of methoxy groups -OCH3 is 2. The van der Waals surface area contributed by atoms with Gasteiger partial charge in [0.05, 0.1) is 27.0 Å². The van der Waals surface area contributed by atoms with Crippen LogP contribution in [0.15, 0.2) is 41.7 Å². The van der Waals surface area contributed by atoms with Crippen molar-refractivity contribution in [2.24, 2.45) is 4.99 Å². The van der Waals surface area contributed by atoms with Gasteiger partial charge in [0.15, 0.2) is 11.5 Å². The van der Waals surface area contributed by atoms with Crippen molar-refractivity contribution in [3.63, 3.8) is 0 Å². The summed E-state index contributed by atoms with van der Waals surface area (Å²) >= 11 is 0. The maximum Gasteiger partial charge on any atom is 0.284 e. The van der Waals surface area contributed by atoms with Crippen molar-refractivity contribution in [2.75, 3.05) is 33.9 Å². The molecule has 0 saturated carbocycles. The molecule has 1 unspecified atom stereocenters. The smallest absolute Gasteiger partial charge is 0.284 e. The van der Waals surface area contributed by atoms with Crippen molar-refractivity contribution < 1.29 is 18.6 Å². The predicted octanol–water partition coefficient (Wildman–Crippen LogP) is 2.35. The molecule has 1 aromatic carbocycles. The highest BCUT2D eigenvalue weighted by molar-refractivity contribution is 5.75. The van der Waals surface area contributed by atoms with Crippen LogP contribution in [0, 0.1) is 5.82 Å². The Morgan fingerprint density at radius 3 is 2.84 bits per heavy atom. The molecule has 25 heavy (non-hydrogen) atoms. The van der Waals surface area contributed by atoms with Crippen LogP contribution in [0.1, 0.15) is 17.0 Å². The van der Waals surface area contributed by atoms with Gasteiger partial charge in [-0.25, -0.2) is 9.38 Å². The number of nitrogens with one attached hydrogen (secondary N) is 1. The van der Waals surface area contributed by atoms with Crippen LogP contribution in [0.5, 0.6) is 11.5 Å². The fourth-order valence-electron chi connectivity index (χ4n) is 2.84. The number of rotatable bonds is 6. The summed E-state index contributed by atoms with van der Waals surface area (Å²) in [4.78, 5) is 8.20. The Kier molecular flexibility index (Phi) is 5.33. The van der Waals surface area contributed by atoms with Gasteiger partial charge >= 0.3 is 0 Å². The van der Waals surface area contributed by atoms with Crippen molar-refractivity contribution in [3.05, 3.63) is 53.6 Å². The van der Waals surface area contributed by atoms with Crippen molar-refractivity contribution >= 4 is 6.02 Å². The molecule has 6 nitrogen and oxygen atoms in total. The zero-order chi connectivity index (χ0) is 17.6. The lowest BCUT2D eigenvalue weighted by Crippen LogP contribution is -2.29. The van der Waals surface area contributed by atoms with E-state index in [1.165, 1.54) is 12.3 Å². The van der Waals surface area contributed by atoms with E-state index in [1.807, 2.05) is 18.2 Å². The second kappa shape index (κ2) is 7.83. The first kappa shape index (κ1) is 17.0. The van der Waals surface area contributed by atoms with Gasteiger partial charge in [0.1, 0.15) is 12.4 Å². The minimum absolute atomic E-state index is 0.222. The molecule has 0 bridgehead atoms. The summed E-state index contributed by atoms with van der Waals surface area (Å²) < 4.78 is 30.0. The molecule has 1 atom stereocenters. The van der Waals surface area contributed by atoms with Gasteiger partial charge in [0, 0.05) is 24.2 Å². The van der Waals surface area contributed by atoms with Crippen LogP contribution in [-0.4, -0.2) is 44.9 Å². The summed E-state index contributed by atoms with van der Waals surface area (Å²) in [5, 5.41) is 3.17. The van der Waals surface area contributed by atoms with E-state index in [9.17, 15) is 4.39 Å². The van der Waals surface area contributed by atoms with Gasteiger partial charge in [-0.15, -0.1) is 0 Å². The normalized spacial score (nSPS) is 14.4. The number of aliphatic imine (C=N–C) groups is 1. The summed E-state index contributed by atoms with van der Waals surface area (Å²) in [6.45, 7) is 1.65. The summed E-state index contributed by atoms with van der Waals surface area (Å²) in [5.74, 6) is 0.609. The molecule has 0 saturated heterocycles. The molecule has 132 valence electrons. The standard InChI is InChI=1S/C18H20FN3O3/c1-23-16-5-3-4-14(17(16)24-2)15(11-22-18-21-6-7-25-18)12-8-13(19)10-20-9-12/h3-5,8-10,15H,6-7,11H2,1-2H3,(H,21,22). The van der Waals surface area contributed by atoms with E-state index in [4.69, 9.17) is 14.2 Å². The van der Waals surface area contributed by atoms with Crippen LogP contribution < -0.4 is 14.8 Å². The number of ether oxygens (including phenoxy) is 3. The first-order chi connectivity index (χ1) is 12.2. The first-order valence-electron chi connectivity index (χ1n) is 7.95. The highest BCUT2D eigenvalue weighted by Gasteiger charge is 2.23. The van der Waals surface area contributed by atoms with Gasteiger partial charge in [-0.3, -0.25) is 4.98 Å². The average molecular weight is 345 g/mol. The minimum atomic E-state index is -0.390. The second-order valence-corrected chi connectivity index (χ2v) is 5.49. The van der Waals surface area contributed by atoms with Crippen LogP contribution in [0.4, 0.5) is 4.39 Å². The highest BCUT2D eigenvalue weighted by atomic mass is 19.1. The molecular weight excluding hydrogens is 325 g/mol. The SMILES string of the molecule is COc1cccc(C(CNC2=NCCO2)c2cncc(F)c2)c1OC. The Morgan fingerprint density at radius 2 is 2.16 bits per heavy atom. The molecule has 1 aliphatic heterocycles. The van der Waals surface area contributed by atoms with E-state index in [-0.39, 0.29) is 11.7 Å². The lowest BCUT2D eigenvalue weighted by molar-refractivity contribution is 0.330. The van der Waals surface area contributed by atoms with Crippen LogP contribution in [0.2, 0.25) is 0 Å². The quantitative estimate of drug-likeness (QED) is 0.871. The van der Waals surface area contributed by atoms with E-state index in [0.29, 0.717) is 37.2 Å². The Labute approximate surface area is 145 Å². The number of hydrogen-bond acceptors (Lipinski definition) is 6. The largest absolute Gasteiger partial charge is 0.493 e. The maximum absolute atomic E-state index is 13.7. The van der Waals surface area contributed by atoms with Gasteiger partial charge in [-0.05, 0) is 17.7 Å². The summed E-state index contributed by atoms with van der Waals surface area (Å²) in [7, 11) is 3.17. The molecule has 0 amide bonds. The summed E-state index contributed by atoms with van der Waals surface area (Å²) in [5.41, 5.74) is 1.58. The zero-order valence-electron chi connectivity index (χ0n) is 14.2. The fourth-order valence-corrected chi connectivity index (χ4v) is 2.84. The van der Waals surface area contributed by atoms with Crippen molar-refractivity contribution in [1.82, 2.24) is 10.3 Å². The number of hydrogen-bond donors (Lipinski definition) is 1. The average Bonchev–Trinajstić information content (AvgIpc) is 3.15. The fraction of sp³-hybridized carbons (Fsp3) is 0.333. The Balaban J connectivity index is 1.98. The number of benzene rings is 1. The number of amidine groups is 1. The third kappa shape index (κ3) is 3.81. The van der Waals surface area contributed by atoms with Crippen molar-refractivity contribution in [1.29, 1.82) is 0 Å². The molecular formula is C18H20FN3O3. The highest BCUT2D eigenvalue weighted by Crippen LogP contribution is 2.38. The van der Waals surface area contributed by atoms with Gasteiger partial charge < -0.3 is 19.5 Å². The molecule has 0 aliphatic carbocycles. The van der Waals surface area contributed by atoms with E-state index in [1.54, 1.807) is 20.4 Å². The summed E-state index contributed by atoms with van der Waals surface area (Å²) in [6.07, 6.45) is 2.83. The molecule has 1 N–H and O–H groups in total. The predicted molar refractivity (Wildman–Crippen MR) is 91.8 cm³/mol.